The highest BCUT2D eigenvalue weighted by molar-refractivity contribution is 5.22. The Labute approximate surface area is 63.6 Å². The Morgan fingerprint density at radius 3 is 2.09 bits per heavy atom. The number of aromatic hydroxyl groups is 1. The van der Waals surface area contributed by atoms with E-state index in [1.807, 2.05) is 0 Å². The molecule has 1 aromatic rings. The van der Waals surface area contributed by atoms with Gasteiger partial charge in [0.1, 0.15) is 5.82 Å². The Morgan fingerprint density at radius 2 is 1.73 bits per heavy atom. The smallest absolute Gasteiger partial charge is 0.167 e. The van der Waals surface area contributed by atoms with Crippen LogP contribution in [-0.2, 0) is 0 Å². The highest BCUT2D eigenvalue weighted by Crippen LogP contribution is 2.14. The molecule has 0 radical (unpaired) electrons. The lowest BCUT2D eigenvalue weighted by molar-refractivity contribution is 0.428. The maximum atomic E-state index is 12.1. The zero-order valence-corrected chi connectivity index (χ0v) is 5.85. The van der Waals surface area contributed by atoms with E-state index in [1.54, 1.807) is 0 Å². The van der Waals surface area contributed by atoms with Crippen molar-refractivity contribution in [3.8, 4) is 5.75 Å². The van der Waals surface area contributed by atoms with Crippen LogP contribution < -0.4 is 0 Å². The van der Waals surface area contributed by atoms with Crippen LogP contribution in [0.2, 0.25) is 0 Å². The first-order valence-electron chi connectivity index (χ1n) is 2.84. The molecule has 0 amide bonds. The molecular formula is C8H8F2O. The third-order valence-electron chi connectivity index (χ3n) is 0.910. The Morgan fingerprint density at radius 1 is 1.18 bits per heavy atom. The molecule has 0 heterocycles. The second-order valence-electron chi connectivity index (χ2n) is 1.60. The molecule has 0 fully saturated rings. The average Bonchev–Trinajstić information content (AvgIpc) is 2.02. The summed E-state index contributed by atoms with van der Waals surface area (Å²) in [7, 11) is 0. The molecule has 0 aliphatic heterocycles. The number of phenols is 1. The minimum Gasteiger partial charge on any atom is -0.505 e. The minimum absolute atomic E-state index is 0.531. The van der Waals surface area contributed by atoms with Crippen LogP contribution in [0.5, 0.6) is 5.75 Å². The van der Waals surface area contributed by atoms with Gasteiger partial charge < -0.3 is 5.11 Å². The maximum Gasteiger partial charge on any atom is 0.167 e. The number of benzene rings is 1. The zero-order chi connectivity index (χ0) is 8.85. The maximum absolute atomic E-state index is 12.1. The number of hydrogen-bond donors (Lipinski definition) is 1. The normalized spacial score (nSPS) is 8.18. The van der Waals surface area contributed by atoms with E-state index in [4.69, 9.17) is 5.11 Å². The topological polar surface area (TPSA) is 20.2 Å². The molecule has 11 heavy (non-hydrogen) atoms. The van der Waals surface area contributed by atoms with Gasteiger partial charge in [-0.2, -0.15) is 0 Å². The second kappa shape index (κ2) is 4.44. The van der Waals surface area contributed by atoms with Crippen molar-refractivity contribution in [2.45, 2.75) is 0 Å². The minimum atomic E-state index is -0.935. The van der Waals surface area contributed by atoms with Gasteiger partial charge in [-0.1, -0.05) is 0 Å². The Bertz CT molecular complexity index is 236. The lowest BCUT2D eigenvalue weighted by atomic mass is 10.3. The lowest BCUT2D eigenvalue weighted by Gasteiger charge is -1.91. The van der Waals surface area contributed by atoms with E-state index in [-0.39, 0.29) is 0 Å². The van der Waals surface area contributed by atoms with Gasteiger partial charge in [0.25, 0.3) is 0 Å². The molecule has 0 bridgehead atoms. The summed E-state index contributed by atoms with van der Waals surface area (Å²) in [6.07, 6.45) is 0. The molecule has 1 N–H and O–H groups in total. The first kappa shape index (κ1) is 9.62. The summed E-state index contributed by atoms with van der Waals surface area (Å²) in [5.74, 6) is -2.16. The van der Waals surface area contributed by atoms with E-state index in [0.717, 1.165) is 12.1 Å². The lowest BCUT2D eigenvalue weighted by Crippen LogP contribution is -1.77. The van der Waals surface area contributed by atoms with Crippen LogP contribution in [0.1, 0.15) is 0 Å². The molecule has 0 aliphatic rings. The van der Waals surface area contributed by atoms with Crippen LogP contribution >= 0.6 is 0 Å². The van der Waals surface area contributed by atoms with Crippen molar-refractivity contribution in [2.75, 3.05) is 0 Å². The summed E-state index contributed by atoms with van der Waals surface area (Å²) < 4.78 is 24.1. The second-order valence-corrected chi connectivity index (χ2v) is 1.60. The van der Waals surface area contributed by atoms with Crippen molar-refractivity contribution in [2.24, 2.45) is 0 Å². The molecular weight excluding hydrogens is 150 g/mol. The highest BCUT2D eigenvalue weighted by atomic mass is 19.1. The van der Waals surface area contributed by atoms with Gasteiger partial charge in [-0.05, 0) is 12.1 Å². The van der Waals surface area contributed by atoms with E-state index in [9.17, 15) is 8.78 Å². The molecule has 60 valence electrons. The predicted octanol–water partition coefficient (Wildman–Crippen LogP) is 2.47. The Balaban J connectivity index is 0.000000461. The molecule has 3 heteroatoms. The van der Waals surface area contributed by atoms with Gasteiger partial charge >= 0.3 is 0 Å². The molecule has 1 rings (SSSR count). The van der Waals surface area contributed by atoms with Crippen molar-refractivity contribution < 1.29 is 13.9 Å². The van der Waals surface area contributed by atoms with Gasteiger partial charge in [-0.3, -0.25) is 0 Å². The quantitative estimate of drug-likeness (QED) is 0.575. The summed E-state index contributed by atoms with van der Waals surface area (Å²) in [5, 5.41) is 8.50. The zero-order valence-electron chi connectivity index (χ0n) is 5.85. The Kier molecular flexibility index (Phi) is 3.88. The van der Waals surface area contributed by atoms with Crippen molar-refractivity contribution in [1.82, 2.24) is 0 Å². The van der Waals surface area contributed by atoms with Crippen LogP contribution in [-0.4, -0.2) is 5.11 Å². The van der Waals surface area contributed by atoms with Gasteiger partial charge in [-0.15, -0.1) is 13.2 Å². The largest absolute Gasteiger partial charge is 0.505 e. The van der Waals surface area contributed by atoms with Crippen molar-refractivity contribution in [1.29, 1.82) is 0 Å². The molecule has 0 saturated carbocycles. The van der Waals surface area contributed by atoms with Crippen molar-refractivity contribution in [3.05, 3.63) is 43.0 Å². The molecule has 0 aromatic heterocycles. The average molecular weight is 158 g/mol. The number of halogens is 2. The molecule has 1 aromatic carbocycles. The number of phenolic OH excluding ortho intramolecular Hbond substituents is 1. The van der Waals surface area contributed by atoms with Crippen LogP contribution in [0.3, 0.4) is 0 Å². The van der Waals surface area contributed by atoms with Gasteiger partial charge in [0.05, 0.1) is 0 Å². The molecule has 0 saturated heterocycles. The summed E-state index contributed by atoms with van der Waals surface area (Å²) in [6.45, 7) is 6.00. The third kappa shape index (κ3) is 2.80. The molecule has 0 atom stereocenters. The fourth-order valence-corrected chi connectivity index (χ4v) is 0.481. The van der Waals surface area contributed by atoms with Gasteiger partial charge in [-0.25, -0.2) is 8.78 Å². The van der Waals surface area contributed by atoms with Crippen LogP contribution in [0.15, 0.2) is 31.4 Å². The number of hydrogen-bond acceptors (Lipinski definition) is 1. The van der Waals surface area contributed by atoms with Crippen LogP contribution in [0.4, 0.5) is 8.78 Å². The molecule has 0 unspecified atom stereocenters. The van der Waals surface area contributed by atoms with E-state index in [0.29, 0.717) is 6.07 Å². The fourth-order valence-electron chi connectivity index (χ4n) is 0.481. The van der Waals surface area contributed by atoms with Crippen LogP contribution in [0.25, 0.3) is 0 Å². The van der Waals surface area contributed by atoms with Crippen molar-refractivity contribution >= 4 is 0 Å². The van der Waals surface area contributed by atoms with E-state index in [1.165, 1.54) is 0 Å². The van der Waals surface area contributed by atoms with Crippen LogP contribution in [0, 0.1) is 11.6 Å². The summed E-state index contributed by atoms with van der Waals surface area (Å²) in [4.78, 5) is 0. The molecule has 0 aliphatic carbocycles. The fraction of sp³-hybridized carbons (Fsp3) is 0. The van der Waals surface area contributed by atoms with Crippen molar-refractivity contribution in [3.63, 3.8) is 0 Å². The van der Waals surface area contributed by atoms with Gasteiger partial charge in [0.2, 0.25) is 0 Å². The monoisotopic (exact) mass is 158 g/mol. The van der Waals surface area contributed by atoms with Gasteiger partial charge in [0.15, 0.2) is 11.6 Å². The molecule has 0 spiro atoms. The first-order chi connectivity index (χ1) is 5.20. The van der Waals surface area contributed by atoms with E-state index < -0.39 is 17.4 Å². The predicted molar refractivity (Wildman–Crippen MR) is 39.3 cm³/mol. The Hall–Kier alpha value is -1.38. The highest BCUT2D eigenvalue weighted by Gasteiger charge is 1.98. The standard InChI is InChI=1S/C6H4F2O.C2H4/c7-4-1-2-6(9)5(8)3-4;1-2/h1-3,9H;1-2H2. The SMILES string of the molecule is C=C.Oc1ccc(F)cc1F. The molecule has 1 nitrogen and oxygen atoms in total. The summed E-state index contributed by atoms with van der Waals surface area (Å²) >= 11 is 0. The summed E-state index contributed by atoms with van der Waals surface area (Å²) in [6, 6.07) is 2.57. The van der Waals surface area contributed by atoms with E-state index >= 15 is 0 Å². The summed E-state index contributed by atoms with van der Waals surface area (Å²) in [5.41, 5.74) is 0. The first-order valence-corrected chi connectivity index (χ1v) is 2.84. The third-order valence-corrected chi connectivity index (χ3v) is 0.910. The number of rotatable bonds is 0. The van der Waals surface area contributed by atoms with E-state index in [2.05, 4.69) is 13.2 Å². The van der Waals surface area contributed by atoms with Gasteiger partial charge in [0, 0.05) is 6.07 Å².